The molecule has 0 spiro atoms. The normalized spacial score (nSPS) is 10.0. The molecule has 2 aromatic rings. The van der Waals surface area contributed by atoms with Crippen LogP contribution in [0.1, 0.15) is 0 Å². The lowest BCUT2D eigenvalue weighted by Crippen LogP contribution is -1.84. The molecule has 2 rings (SSSR count). The van der Waals surface area contributed by atoms with Gasteiger partial charge >= 0.3 is 0 Å². The second-order valence-corrected chi connectivity index (χ2v) is 2.92. The van der Waals surface area contributed by atoms with Crippen LogP contribution < -0.4 is 4.74 Å². The molecular weight excluding hydrogens is 176 g/mol. The van der Waals surface area contributed by atoms with Crippen LogP contribution in [0.3, 0.4) is 0 Å². The van der Waals surface area contributed by atoms with E-state index in [0.29, 0.717) is 5.75 Å². The highest BCUT2D eigenvalue weighted by molar-refractivity contribution is 5.90. The second kappa shape index (κ2) is 3.42. The molecule has 0 atom stereocenters. The molecule has 2 nitrogen and oxygen atoms in total. The molecule has 0 aliphatic heterocycles. The van der Waals surface area contributed by atoms with Gasteiger partial charge in [-0.3, -0.25) is 0 Å². The average Bonchev–Trinajstić information content (AvgIpc) is 2.23. The summed E-state index contributed by atoms with van der Waals surface area (Å²) in [7, 11) is 0. The summed E-state index contributed by atoms with van der Waals surface area (Å²) in [5.41, 5.74) is 0. The van der Waals surface area contributed by atoms with Crippen LogP contribution in [0.25, 0.3) is 10.8 Å². The van der Waals surface area contributed by atoms with Gasteiger partial charge in [0.1, 0.15) is 0 Å². The lowest BCUT2D eigenvalue weighted by molar-refractivity contribution is 0.415. The number of phenols is 1. The van der Waals surface area contributed by atoms with Gasteiger partial charge in [-0.1, -0.05) is 36.9 Å². The third-order valence-electron chi connectivity index (χ3n) is 2.06. The molecule has 1 N–H and O–H groups in total. The summed E-state index contributed by atoms with van der Waals surface area (Å²) in [6.07, 6.45) is 1.31. The Morgan fingerprint density at radius 2 is 1.93 bits per heavy atom. The minimum absolute atomic E-state index is 0.128. The maximum absolute atomic E-state index is 9.57. The van der Waals surface area contributed by atoms with E-state index in [0.717, 1.165) is 10.8 Å². The minimum atomic E-state index is 0.128. The summed E-state index contributed by atoms with van der Waals surface area (Å²) >= 11 is 0. The Hall–Kier alpha value is -1.96. The van der Waals surface area contributed by atoms with E-state index in [4.69, 9.17) is 4.74 Å². The SMILES string of the molecule is C=COc1c(O)ccc2ccccc12. The number of ether oxygens (including phenoxy) is 1. The van der Waals surface area contributed by atoms with Crippen molar-refractivity contribution in [1.82, 2.24) is 0 Å². The van der Waals surface area contributed by atoms with E-state index in [1.165, 1.54) is 6.26 Å². The van der Waals surface area contributed by atoms with E-state index in [-0.39, 0.29) is 5.75 Å². The molecule has 0 radical (unpaired) electrons. The predicted octanol–water partition coefficient (Wildman–Crippen LogP) is 3.07. The molecule has 0 saturated heterocycles. The molecule has 2 aromatic carbocycles. The maximum Gasteiger partial charge on any atom is 0.175 e. The monoisotopic (exact) mass is 186 g/mol. The van der Waals surface area contributed by atoms with Crippen LogP contribution in [-0.4, -0.2) is 5.11 Å². The summed E-state index contributed by atoms with van der Waals surface area (Å²) in [4.78, 5) is 0. The Morgan fingerprint density at radius 3 is 2.71 bits per heavy atom. The summed E-state index contributed by atoms with van der Waals surface area (Å²) in [6, 6.07) is 11.2. The van der Waals surface area contributed by atoms with Crippen molar-refractivity contribution in [1.29, 1.82) is 0 Å². The van der Waals surface area contributed by atoms with Crippen molar-refractivity contribution < 1.29 is 9.84 Å². The zero-order valence-electron chi connectivity index (χ0n) is 7.60. The Morgan fingerprint density at radius 1 is 1.14 bits per heavy atom. The first-order chi connectivity index (χ1) is 6.83. The van der Waals surface area contributed by atoms with Crippen molar-refractivity contribution in [3.63, 3.8) is 0 Å². The van der Waals surface area contributed by atoms with Crippen molar-refractivity contribution >= 4 is 10.8 Å². The lowest BCUT2D eigenvalue weighted by Gasteiger charge is -2.06. The Balaban J connectivity index is 2.75. The molecule has 14 heavy (non-hydrogen) atoms. The molecule has 70 valence electrons. The quantitative estimate of drug-likeness (QED) is 0.730. The van der Waals surface area contributed by atoms with Crippen LogP contribution in [0.15, 0.2) is 49.2 Å². The van der Waals surface area contributed by atoms with Crippen LogP contribution >= 0.6 is 0 Å². The number of hydrogen-bond donors (Lipinski definition) is 1. The number of rotatable bonds is 2. The average molecular weight is 186 g/mol. The summed E-state index contributed by atoms with van der Waals surface area (Å²) in [5, 5.41) is 11.5. The van der Waals surface area contributed by atoms with Gasteiger partial charge in [-0.05, 0) is 11.5 Å². The van der Waals surface area contributed by atoms with E-state index < -0.39 is 0 Å². The molecule has 0 bridgehead atoms. The fraction of sp³-hybridized carbons (Fsp3) is 0. The molecule has 0 unspecified atom stereocenters. The first-order valence-corrected chi connectivity index (χ1v) is 4.31. The molecule has 2 heteroatoms. The highest BCUT2D eigenvalue weighted by Crippen LogP contribution is 2.34. The number of benzene rings is 2. The van der Waals surface area contributed by atoms with Crippen molar-refractivity contribution in [2.24, 2.45) is 0 Å². The highest BCUT2D eigenvalue weighted by atomic mass is 16.5. The van der Waals surface area contributed by atoms with E-state index in [2.05, 4.69) is 6.58 Å². The first-order valence-electron chi connectivity index (χ1n) is 4.31. The largest absolute Gasteiger partial charge is 0.504 e. The number of aromatic hydroxyl groups is 1. The van der Waals surface area contributed by atoms with Crippen molar-refractivity contribution in [3.05, 3.63) is 49.2 Å². The van der Waals surface area contributed by atoms with Gasteiger partial charge in [0, 0.05) is 5.39 Å². The van der Waals surface area contributed by atoms with Gasteiger partial charge in [0.05, 0.1) is 6.26 Å². The molecule has 0 aliphatic rings. The minimum Gasteiger partial charge on any atom is -0.504 e. The molecular formula is C12H10O2. The lowest BCUT2D eigenvalue weighted by atomic mass is 10.1. The zero-order chi connectivity index (χ0) is 9.97. The Labute approximate surface area is 82.1 Å². The van der Waals surface area contributed by atoms with Crippen LogP contribution in [0.4, 0.5) is 0 Å². The van der Waals surface area contributed by atoms with E-state index in [9.17, 15) is 5.11 Å². The second-order valence-electron chi connectivity index (χ2n) is 2.92. The summed E-state index contributed by atoms with van der Waals surface area (Å²) in [6.45, 7) is 3.47. The third-order valence-corrected chi connectivity index (χ3v) is 2.06. The molecule has 0 fully saturated rings. The van der Waals surface area contributed by atoms with Gasteiger partial charge in [0.2, 0.25) is 0 Å². The zero-order valence-corrected chi connectivity index (χ0v) is 7.60. The third kappa shape index (κ3) is 1.31. The number of hydrogen-bond acceptors (Lipinski definition) is 2. The maximum atomic E-state index is 9.57. The van der Waals surface area contributed by atoms with Gasteiger partial charge in [-0.25, -0.2) is 0 Å². The van der Waals surface area contributed by atoms with E-state index in [1.54, 1.807) is 6.07 Å². The van der Waals surface area contributed by atoms with Crippen molar-refractivity contribution in [3.8, 4) is 11.5 Å². The van der Waals surface area contributed by atoms with Gasteiger partial charge in [0.25, 0.3) is 0 Å². The number of fused-ring (bicyclic) bond motifs is 1. The fourth-order valence-electron chi connectivity index (χ4n) is 1.44. The molecule has 0 aliphatic carbocycles. The van der Waals surface area contributed by atoms with Gasteiger partial charge < -0.3 is 9.84 Å². The van der Waals surface area contributed by atoms with Crippen LogP contribution in [0, 0.1) is 0 Å². The Bertz CT molecular complexity index is 475. The highest BCUT2D eigenvalue weighted by Gasteiger charge is 2.05. The molecule has 0 saturated carbocycles. The predicted molar refractivity (Wildman–Crippen MR) is 56.4 cm³/mol. The van der Waals surface area contributed by atoms with Gasteiger partial charge in [-0.2, -0.15) is 0 Å². The standard InChI is InChI=1S/C12H10O2/c1-2-14-12-10-6-4-3-5-9(10)7-8-11(12)13/h2-8,13H,1H2. The first kappa shape index (κ1) is 8.63. The summed E-state index contributed by atoms with van der Waals surface area (Å²) in [5.74, 6) is 0.585. The number of phenolic OH excluding ortho intramolecular Hbond substituents is 1. The van der Waals surface area contributed by atoms with E-state index in [1.807, 2.05) is 30.3 Å². The van der Waals surface area contributed by atoms with Crippen molar-refractivity contribution in [2.45, 2.75) is 0 Å². The van der Waals surface area contributed by atoms with Gasteiger partial charge in [0.15, 0.2) is 11.5 Å². The molecule has 0 amide bonds. The van der Waals surface area contributed by atoms with Gasteiger partial charge in [-0.15, -0.1) is 0 Å². The fourth-order valence-corrected chi connectivity index (χ4v) is 1.44. The topological polar surface area (TPSA) is 29.5 Å². The molecule has 0 aromatic heterocycles. The molecule has 0 heterocycles. The van der Waals surface area contributed by atoms with Crippen LogP contribution in [0.2, 0.25) is 0 Å². The van der Waals surface area contributed by atoms with Crippen molar-refractivity contribution in [2.75, 3.05) is 0 Å². The Kier molecular flexibility index (Phi) is 2.11. The smallest absolute Gasteiger partial charge is 0.175 e. The van der Waals surface area contributed by atoms with Crippen LogP contribution in [-0.2, 0) is 0 Å². The van der Waals surface area contributed by atoms with Crippen LogP contribution in [0.5, 0.6) is 11.5 Å². The summed E-state index contributed by atoms with van der Waals surface area (Å²) < 4.78 is 5.16. The van der Waals surface area contributed by atoms with E-state index >= 15 is 0 Å².